The van der Waals surface area contributed by atoms with Crippen molar-refractivity contribution >= 4 is 39.1 Å². The van der Waals surface area contributed by atoms with Crippen molar-refractivity contribution in [3.63, 3.8) is 0 Å². The third-order valence-electron chi connectivity index (χ3n) is 3.15. The molecule has 1 aliphatic heterocycles. The second-order valence-corrected chi connectivity index (χ2v) is 5.52. The van der Waals surface area contributed by atoms with Crippen LogP contribution in [0.25, 0.3) is 0 Å². The first kappa shape index (κ1) is 12.9. The van der Waals surface area contributed by atoms with E-state index >= 15 is 0 Å². The standard InChI is InChI=1S/C14H12BrN3O2/c15-9-6-12(16-7-9)14(20)17-10-2-3-11-8(5-10)1-4-13(19)18-11/h2-3,5-7,16H,1,4H2,(H,17,20)(H,18,19). The van der Waals surface area contributed by atoms with Crippen molar-refractivity contribution in [3.8, 4) is 0 Å². The summed E-state index contributed by atoms with van der Waals surface area (Å²) in [5.74, 6) is -0.166. The summed E-state index contributed by atoms with van der Waals surface area (Å²) in [6.45, 7) is 0. The van der Waals surface area contributed by atoms with Crippen molar-refractivity contribution in [2.24, 2.45) is 0 Å². The van der Waals surface area contributed by atoms with Crippen LogP contribution >= 0.6 is 15.9 Å². The largest absolute Gasteiger partial charge is 0.356 e. The average molecular weight is 334 g/mol. The first-order valence-electron chi connectivity index (χ1n) is 6.20. The van der Waals surface area contributed by atoms with Gasteiger partial charge in [-0.25, -0.2) is 0 Å². The van der Waals surface area contributed by atoms with E-state index in [1.807, 2.05) is 12.1 Å². The van der Waals surface area contributed by atoms with Crippen LogP contribution in [0.5, 0.6) is 0 Å². The van der Waals surface area contributed by atoms with Gasteiger partial charge in [0, 0.05) is 28.5 Å². The maximum Gasteiger partial charge on any atom is 0.272 e. The third kappa shape index (κ3) is 2.60. The van der Waals surface area contributed by atoms with E-state index in [1.165, 1.54) is 0 Å². The van der Waals surface area contributed by atoms with E-state index in [9.17, 15) is 9.59 Å². The molecule has 2 heterocycles. The molecule has 0 unspecified atom stereocenters. The topological polar surface area (TPSA) is 74.0 Å². The summed E-state index contributed by atoms with van der Waals surface area (Å²) >= 11 is 3.29. The molecule has 3 N–H and O–H groups in total. The van der Waals surface area contributed by atoms with Crippen molar-refractivity contribution < 1.29 is 9.59 Å². The fourth-order valence-corrected chi connectivity index (χ4v) is 2.50. The van der Waals surface area contributed by atoms with Gasteiger partial charge < -0.3 is 15.6 Å². The molecule has 0 spiro atoms. The van der Waals surface area contributed by atoms with Gasteiger partial charge in [-0.05, 0) is 52.2 Å². The molecule has 0 saturated heterocycles. The smallest absolute Gasteiger partial charge is 0.272 e. The van der Waals surface area contributed by atoms with Gasteiger partial charge in [0.15, 0.2) is 0 Å². The highest BCUT2D eigenvalue weighted by Crippen LogP contribution is 2.26. The number of amides is 2. The van der Waals surface area contributed by atoms with E-state index < -0.39 is 0 Å². The van der Waals surface area contributed by atoms with E-state index in [2.05, 4.69) is 31.5 Å². The summed E-state index contributed by atoms with van der Waals surface area (Å²) in [6, 6.07) is 7.20. The van der Waals surface area contributed by atoms with Gasteiger partial charge in [-0.2, -0.15) is 0 Å². The SMILES string of the molecule is O=C1CCc2cc(NC(=O)c3cc(Br)c[nH]3)ccc2N1. The first-order chi connectivity index (χ1) is 9.61. The number of nitrogens with one attached hydrogen (secondary N) is 3. The monoisotopic (exact) mass is 333 g/mol. The van der Waals surface area contributed by atoms with Crippen LogP contribution < -0.4 is 10.6 Å². The van der Waals surface area contributed by atoms with Crippen LogP contribution in [0, 0.1) is 0 Å². The summed E-state index contributed by atoms with van der Waals surface area (Å²) in [7, 11) is 0. The minimum absolute atomic E-state index is 0.0329. The zero-order valence-corrected chi connectivity index (χ0v) is 12.1. The second kappa shape index (κ2) is 5.13. The number of aromatic amines is 1. The number of aryl methyl sites for hydroxylation is 1. The highest BCUT2D eigenvalue weighted by molar-refractivity contribution is 9.10. The molecule has 2 amide bonds. The van der Waals surface area contributed by atoms with E-state index in [1.54, 1.807) is 18.3 Å². The predicted octanol–water partition coefficient (Wildman–Crippen LogP) is 2.91. The van der Waals surface area contributed by atoms with Crippen LogP contribution in [0.1, 0.15) is 22.5 Å². The predicted molar refractivity (Wildman–Crippen MR) is 79.8 cm³/mol. The lowest BCUT2D eigenvalue weighted by atomic mass is 10.0. The van der Waals surface area contributed by atoms with E-state index in [0.29, 0.717) is 18.5 Å². The highest BCUT2D eigenvalue weighted by Gasteiger charge is 2.15. The number of anilines is 2. The van der Waals surface area contributed by atoms with Crippen LogP contribution in [0.4, 0.5) is 11.4 Å². The molecular formula is C14H12BrN3O2. The Morgan fingerprint density at radius 3 is 2.85 bits per heavy atom. The van der Waals surface area contributed by atoms with Crippen LogP contribution in [-0.4, -0.2) is 16.8 Å². The van der Waals surface area contributed by atoms with Crippen LogP contribution in [0.2, 0.25) is 0 Å². The Labute approximate surface area is 123 Å². The molecule has 0 aliphatic carbocycles. The lowest BCUT2D eigenvalue weighted by Crippen LogP contribution is -2.19. The lowest BCUT2D eigenvalue weighted by Gasteiger charge is -2.17. The van der Waals surface area contributed by atoms with Crippen molar-refractivity contribution in [1.29, 1.82) is 0 Å². The number of H-pyrrole nitrogens is 1. The van der Waals surface area contributed by atoms with Crippen molar-refractivity contribution in [3.05, 3.63) is 46.2 Å². The first-order valence-corrected chi connectivity index (χ1v) is 6.99. The quantitative estimate of drug-likeness (QED) is 0.790. The maximum atomic E-state index is 12.0. The molecule has 3 rings (SSSR count). The Morgan fingerprint density at radius 1 is 1.25 bits per heavy atom. The molecular weight excluding hydrogens is 322 g/mol. The van der Waals surface area contributed by atoms with E-state index in [0.717, 1.165) is 21.4 Å². The number of carbonyl (C=O) groups excluding carboxylic acids is 2. The fourth-order valence-electron chi connectivity index (χ4n) is 2.16. The van der Waals surface area contributed by atoms with Gasteiger partial charge in [0.25, 0.3) is 5.91 Å². The van der Waals surface area contributed by atoms with Gasteiger partial charge in [0.1, 0.15) is 5.69 Å². The molecule has 0 radical (unpaired) electrons. The normalized spacial score (nSPS) is 13.6. The minimum atomic E-state index is -0.199. The van der Waals surface area contributed by atoms with E-state index in [4.69, 9.17) is 0 Å². The fraction of sp³-hybridized carbons (Fsp3) is 0.143. The molecule has 102 valence electrons. The molecule has 1 aromatic carbocycles. The lowest BCUT2D eigenvalue weighted by molar-refractivity contribution is -0.116. The second-order valence-electron chi connectivity index (χ2n) is 4.61. The van der Waals surface area contributed by atoms with Gasteiger partial charge >= 0.3 is 0 Å². The summed E-state index contributed by atoms with van der Waals surface area (Å²) in [6.07, 6.45) is 2.88. The maximum absolute atomic E-state index is 12.0. The molecule has 6 heteroatoms. The molecule has 5 nitrogen and oxygen atoms in total. The molecule has 1 aliphatic rings. The average Bonchev–Trinajstić information content (AvgIpc) is 2.86. The summed E-state index contributed by atoms with van der Waals surface area (Å²) in [5.41, 5.74) is 3.07. The molecule has 0 saturated carbocycles. The Bertz CT molecular complexity index is 693. The number of hydrogen-bond donors (Lipinski definition) is 3. The molecule has 2 aromatic rings. The molecule has 0 fully saturated rings. The Hall–Kier alpha value is -2.08. The number of hydrogen-bond acceptors (Lipinski definition) is 2. The van der Waals surface area contributed by atoms with E-state index in [-0.39, 0.29) is 11.8 Å². The van der Waals surface area contributed by atoms with Gasteiger partial charge in [0.05, 0.1) is 0 Å². The van der Waals surface area contributed by atoms with Crippen molar-refractivity contribution in [2.75, 3.05) is 10.6 Å². The van der Waals surface area contributed by atoms with Gasteiger partial charge in [0.2, 0.25) is 5.91 Å². The van der Waals surface area contributed by atoms with Gasteiger partial charge in [-0.15, -0.1) is 0 Å². The zero-order valence-electron chi connectivity index (χ0n) is 10.5. The zero-order chi connectivity index (χ0) is 14.1. The van der Waals surface area contributed by atoms with Crippen LogP contribution in [-0.2, 0) is 11.2 Å². The van der Waals surface area contributed by atoms with Gasteiger partial charge in [-0.3, -0.25) is 9.59 Å². The molecule has 20 heavy (non-hydrogen) atoms. The third-order valence-corrected chi connectivity index (χ3v) is 3.61. The Morgan fingerprint density at radius 2 is 2.10 bits per heavy atom. The number of benzene rings is 1. The molecule has 1 aromatic heterocycles. The summed E-state index contributed by atoms with van der Waals surface area (Å²) in [4.78, 5) is 26.2. The number of carbonyl (C=O) groups is 2. The van der Waals surface area contributed by atoms with Crippen LogP contribution in [0.15, 0.2) is 34.9 Å². The summed E-state index contributed by atoms with van der Waals surface area (Å²) < 4.78 is 0.829. The number of aromatic nitrogens is 1. The van der Waals surface area contributed by atoms with Crippen LogP contribution in [0.3, 0.4) is 0 Å². The molecule has 0 bridgehead atoms. The van der Waals surface area contributed by atoms with Gasteiger partial charge in [-0.1, -0.05) is 0 Å². The Kier molecular flexibility index (Phi) is 3.31. The highest BCUT2D eigenvalue weighted by atomic mass is 79.9. The Balaban J connectivity index is 1.78. The minimum Gasteiger partial charge on any atom is -0.356 e. The summed E-state index contributed by atoms with van der Waals surface area (Å²) in [5, 5.41) is 5.64. The number of fused-ring (bicyclic) bond motifs is 1. The number of halogens is 1. The van der Waals surface area contributed by atoms with Crippen molar-refractivity contribution in [1.82, 2.24) is 4.98 Å². The molecule has 0 atom stereocenters. The number of rotatable bonds is 2. The van der Waals surface area contributed by atoms with Crippen molar-refractivity contribution in [2.45, 2.75) is 12.8 Å².